The van der Waals surface area contributed by atoms with Crippen LogP contribution in [0.3, 0.4) is 0 Å². The number of nitrogens with one attached hydrogen (secondary N) is 1. The van der Waals surface area contributed by atoms with E-state index in [1.807, 2.05) is 0 Å². The lowest BCUT2D eigenvalue weighted by Gasteiger charge is -2.28. The van der Waals surface area contributed by atoms with Crippen LogP contribution in [-0.4, -0.2) is 7.05 Å². The van der Waals surface area contributed by atoms with Gasteiger partial charge in [-0.1, -0.05) is 18.6 Å². The first-order valence-corrected chi connectivity index (χ1v) is 8.33. The molecule has 1 nitrogen and oxygen atoms in total. The minimum Gasteiger partial charge on any atom is -0.313 e. The van der Waals surface area contributed by atoms with Gasteiger partial charge in [0.25, 0.3) is 0 Å². The van der Waals surface area contributed by atoms with Gasteiger partial charge in [-0.2, -0.15) is 0 Å². The zero-order valence-electron chi connectivity index (χ0n) is 13.5. The molecule has 2 bridgehead atoms. The molecule has 0 aliphatic heterocycles. The van der Waals surface area contributed by atoms with Gasteiger partial charge >= 0.3 is 0 Å². The zero-order chi connectivity index (χ0) is 14.3. The fourth-order valence-electron chi connectivity index (χ4n) is 4.73. The minimum absolute atomic E-state index is 0.540. The molecule has 20 heavy (non-hydrogen) atoms. The van der Waals surface area contributed by atoms with Crippen molar-refractivity contribution >= 4 is 0 Å². The molecule has 110 valence electrons. The van der Waals surface area contributed by atoms with Crippen molar-refractivity contribution in [3.63, 3.8) is 0 Å². The second kappa shape index (κ2) is 5.52. The summed E-state index contributed by atoms with van der Waals surface area (Å²) >= 11 is 0. The largest absolute Gasteiger partial charge is 0.313 e. The van der Waals surface area contributed by atoms with Gasteiger partial charge < -0.3 is 5.32 Å². The lowest BCUT2D eigenvalue weighted by Crippen LogP contribution is -2.23. The lowest BCUT2D eigenvalue weighted by molar-refractivity contribution is 0.284. The first-order valence-electron chi connectivity index (χ1n) is 8.33. The average molecular weight is 271 g/mol. The number of hydrogen-bond donors (Lipinski definition) is 1. The average Bonchev–Trinajstić information content (AvgIpc) is 3.03. The summed E-state index contributed by atoms with van der Waals surface area (Å²) in [4.78, 5) is 0. The van der Waals surface area contributed by atoms with E-state index in [0.29, 0.717) is 6.04 Å². The molecule has 0 heterocycles. The summed E-state index contributed by atoms with van der Waals surface area (Å²) in [6, 6.07) is 5.31. The van der Waals surface area contributed by atoms with E-state index in [2.05, 4.69) is 45.3 Å². The van der Waals surface area contributed by atoms with Gasteiger partial charge in [0.2, 0.25) is 0 Å². The molecule has 1 N–H and O–H groups in total. The van der Waals surface area contributed by atoms with Gasteiger partial charge in [-0.25, -0.2) is 0 Å². The van der Waals surface area contributed by atoms with E-state index < -0.39 is 0 Å². The van der Waals surface area contributed by atoms with Gasteiger partial charge in [0.1, 0.15) is 0 Å². The van der Waals surface area contributed by atoms with Crippen LogP contribution < -0.4 is 5.32 Å². The highest BCUT2D eigenvalue weighted by Crippen LogP contribution is 2.51. The van der Waals surface area contributed by atoms with E-state index >= 15 is 0 Å². The molecule has 2 saturated carbocycles. The Balaban J connectivity index is 1.78. The molecule has 1 aromatic rings. The van der Waals surface area contributed by atoms with Crippen molar-refractivity contribution in [2.75, 3.05) is 7.05 Å². The maximum absolute atomic E-state index is 3.59. The van der Waals surface area contributed by atoms with Crippen LogP contribution in [0.2, 0.25) is 0 Å². The molecule has 4 atom stereocenters. The summed E-state index contributed by atoms with van der Waals surface area (Å²) in [7, 11) is 2.13. The third kappa shape index (κ3) is 2.53. The lowest BCUT2D eigenvalue weighted by atomic mass is 9.81. The molecule has 1 aromatic carbocycles. The number of hydrogen-bond acceptors (Lipinski definition) is 1. The van der Waals surface area contributed by atoms with Crippen LogP contribution in [0.5, 0.6) is 0 Å². The second-order valence-corrected chi connectivity index (χ2v) is 7.30. The van der Waals surface area contributed by atoms with E-state index in [9.17, 15) is 0 Å². The highest BCUT2D eigenvalue weighted by Gasteiger charge is 2.40. The van der Waals surface area contributed by atoms with Crippen LogP contribution in [0, 0.1) is 38.5 Å². The van der Waals surface area contributed by atoms with Gasteiger partial charge in [-0.3, -0.25) is 0 Å². The van der Waals surface area contributed by atoms with E-state index in [1.54, 1.807) is 0 Å². The molecule has 2 fully saturated rings. The van der Waals surface area contributed by atoms with Crippen molar-refractivity contribution < 1.29 is 0 Å². The third-order valence-electron chi connectivity index (χ3n) is 6.03. The van der Waals surface area contributed by atoms with Crippen LogP contribution in [0.15, 0.2) is 12.1 Å². The van der Waals surface area contributed by atoms with Gasteiger partial charge in [0.05, 0.1) is 0 Å². The quantitative estimate of drug-likeness (QED) is 0.837. The predicted octanol–water partition coefficient (Wildman–Crippen LogP) is 4.70. The Morgan fingerprint density at radius 2 is 1.80 bits per heavy atom. The summed E-state index contributed by atoms with van der Waals surface area (Å²) in [5.74, 6) is 3.05. The molecule has 3 rings (SSSR count). The molecule has 2 aliphatic rings. The van der Waals surface area contributed by atoms with Crippen LogP contribution in [0.25, 0.3) is 0 Å². The van der Waals surface area contributed by atoms with Crippen molar-refractivity contribution in [3.05, 3.63) is 34.4 Å². The van der Waals surface area contributed by atoms with Crippen molar-refractivity contribution in [2.24, 2.45) is 17.8 Å². The van der Waals surface area contributed by atoms with Crippen LogP contribution >= 0.6 is 0 Å². The van der Waals surface area contributed by atoms with Crippen LogP contribution in [0.4, 0.5) is 0 Å². The number of fused-ring (bicyclic) bond motifs is 2. The summed E-state index contributed by atoms with van der Waals surface area (Å²) < 4.78 is 0. The van der Waals surface area contributed by atoms with E-state index in [-0.39, 0.29) is 0 Å². The van der Waals surface area contributed by atoms with Crippen LogP contribution in [0.1, 0.15) is 60.4 Å². The molecule has 0 radical (unpaired) electrons. The molecule has 0 amide bonds. The Kier molecular flexibility index (Phi) is 3.90. The molecule has 0 aromatic heterocycles. The van der Waals surface area contributed by atoms with Gasteiger partial charge in [-0.05, 0) is 93.5 Å². The van der Waals surface area contributed by atoms with Crippen LogP contribution in [-0.2, 0) is 0 Å². The highest BCUT2D eigenvalue weighted by molar-refractivity contribution is 5.38. The Bertz CT molecular complexity index is 491. The number of rotatable bonds is 4. The molecule has 1 heteroatoms. The van der Waals surface area contributed by atoms with Crippen molar-refractivity contribution in [3.8, 4) is 0 Å². The van der Waals surface area contributed by atoms with Gasteiger partial charge in [-0.15, -0.1) is 0 Å². The predicted molar refractivity (Wildman–Crippen MR) is 86.0 cm³/mol. The van der Waals surface area contributed by atoms with E-state index in [4.69, 9.17) is 0 Å². The first-order chi connectivity index (χ1) is 9.58. The maximum Gasteiger partial charge on any atom is 0.0323 e. The topological polar surface area (TPSA) is 12.0 Å². The van der Waals surface area contributed by atoms with Gasteiger partial charge in [0, 0.05) is 6.04 Å². The summed E-state index contributed by atoms with van der Waals surface area (Å²) in [6.45, 7) is 6.73. The number of aryl methyl sites for hydroxylation is 3. The zero-order valence-corrected chi connectivity index (χ0v) is 13.5. The maximum atomic E-state index is 3.59. The smallest absolute Gasteiger partial charge is 0.0323 e. The molecule has 2 aliphatic carbocycles. The molecule has 0 spiro atoms. The molecular weight excluding hydrogens is 242 g/mol. The Hall–Kier alpha value is -0.820. The Labute approximate surface area is 124 Å². The van der Waals surface area contributed by atoms with E-state index in [0.717, 1.165) is 17.8 Å². The normalized spacial score (nSPS) is 29.9. The first kappa shape index (κ1) is 14.1. The molecule has 0 saturated heterocycles. The highest BCUT2D eigenvalue weighted by atomic mass is 14.9. The molecule has 4 unspecified atom stereocenters. The summed E-state index contributed by atoms with van der Waals surface area (Å²) in [5, 5.41) is 3.59. The SMILES string of the molecule is CNC(CC1CC2CCC1C2)c1cc(C)c(C)cc1C. The number of benzene rings is 1. The second-order valence-electron chi connectivity index (χ2n) is 7.30. The summed E-state index contributed by atoms with van der Waals surface area (Å²) in [5.41, 5.74) is 5.83. The summed E-state index contributed by atoms with van der Waals surface area (Å²) in [6.07, 6.45) is 7.35. The fraction of sp³-hybridized carbons (Fsp3) is 0.684. The van der Waals surface area contributed by atoms with Crippen molar-refractivity contribution in [1.82, 2.24) is 5.32 Å². The van der Waals surface area contributed by atoms with Gasteiger partial charge in [0.15, 0.2) is 0 Å². The third-order valence-corrected chi connectivity index (χ3v) is 6.03. The van der Waals surface area contributed by atoms with Crippen molar-refractivity contribution in [2.45, 2.75) is 58.9 Å². The monoisotopic (exact) mass is 271 g/mol. The Morgan fingerprint density at radius 1 is 1.05 bits per heavy atom. The van der Waals surface area contributed by atoms with E-state index in [1.165, 1.54) is 54.4 Å². The standard InChI is InChI=1S/C19H29N/c1-12-7-14(3)18(8-13(12)2)19(20-4)11-17-10-15-5-6-16(17)9-15/h7-8,15-17,19-20H,5-6,9-11H2,1-4H3. The molecular formula is C19H29N. The minimum atomic E-state index is 0.540. The fourth-order valence-corrected chi connectivity index (χ4v) is 4.73. The van der Waals surface area contributed by atoms with Crippen molar-refractivity contribution in [1.29, 1.82) is 0 Å². The Morgan fingerprint density at radius 3 is 2.40 bits per heavy atom.